The van der Waals surface area contributed by atoms with Gasteiger partial charge in [-0.2, -0.15) is 0 Å². The summed E-state index contributed by atoms with van der Waals surface area (Å²) in [6, 6.07) is 9.24. The van der Waals surface area contributed by atoms with Gasteiger partial charge in [-0.1, -0.05) is 34.1 Å². The van der Waals surface area contributed by atoms with E-state index in [0.29, 0.717) is 21.2 Å². The summed E-state index contributed by atoms with van der Waals surface area (Å²) in [6.07, 6.45) is 0.0780. The fourth-order valence-corrected chi connectivity index (χ4v) is 2.40. The topological polar surface area (TPSA) is 20.2 Å². The number of aryl methyl sites for hydroxylation is 1. The Morgan fingerprint density at radius 2 is 1.80 bits per heavy atom. The SMILES string of the molecule is Cc1ccc(C(C)(O)Cc2ccc(Br)cc2F)cc1F. The van der Waals surface area contributed by atoms with Gasteiger partial charge in [-0.05, 0) is 48.7 Å². The van der Waals surface area contributed by atoms with Gasteiger partial charge in [0, 0.05) is 10.9 Å². The first-order valence-electron chi connectivity index (χ1n) is 6.22. The highest BCUT2D eigenvalue weighted by atomic mass is 79.9. The van der Waals surface area contributed by atoms with Crippen molar-refractivity contribution in [1.29, 1.82) is 0 Å². The van der Waals surface area contributed by atoms with Gasteiger partial charge in [0.2, 0.25) is 0 Å². The Balaban J connectivity index is 2.32. The van der Waals surface area contributed by atoms with Gasteiger partial charge >= 0.3 is 0 Å². The lowest BCUT2D eigenvalue weighted by molar-refractivity contribution is 0.0563. The zero-order valence-corrected chi connectivity index (χ0v) is 12.8. The van der Waals surface area contributed by atoms with Crippen LogP contribution in [0.25, 0.3) is 0 Å². The molecule has 0 spiro atoms. The van der Waals surface area contributed by atoms with Gasteiger partial charge in [0.1, 0.15) is 11.6 Å². The number of benzene rings is 2. The van der Waals surface area contributed by atoms with Crippen LogP contribution < -0.4 is 0 Å². The maximum Gasteiger partial charge on any atom is 0.127 e. The second kappa shape index (κ2) is 5.62. The molecule has 2 aromatic rings. The van der Waals surface area contributed by atoms with Gasteiger partial charge < -0.3 is 5.11 Å². The summed E-state index contributed by atoms with van der Waals surface area (Å²) in [5, 5.41) is 10.5. The van der Waals surface area contributed by atoms with E-state index in [2.05, 4.69) is 15.9 Å². The van der Waals surface area contributed by atoms with Crippen molar-refractivity contribution in [3.63, 3.8) is 0 Å². The van der Waals surface area contributed by atoms with Crippen molar-refractivity contribution in [2.24, 2.45) is 0 Å². The van der Waals surface area contributed by atoms with Crippen LogP contribution in [-0.4, -0.2) is 5.11 Å². The van der Waals surface area contributed by atoms with Crippen LogP contribution in [-0.2, 0) is 12.0 Å². The molecule has 0 saturated carbocycles. The summed E-state index contributed by atoms with van der Waals surface area (Å²) < 4.78 is 28.1. The van der Waals surface area contributed by atoms with E-state index >= 15 is 0 Å². The molecule has 0 bridgehead atoms. The molecular weight excluding hydrogens is 326 g/mol. The Hall–Kier alpha value is -1.26. The highest BCUT2D eigenvalue weighted by molar-refractivity contribution is 9.10. The smallest absolute Gasteiger partial charge is 0.127 e. The van der Waals surface area contributed by atoms with E-state index in [1.807, 2.05) is 0 Å². The second-order valence-electron chi connectivity index (χ2n) is 5.15. The number of rotatable bonds is 3. The molecule has 1 N–H and O–H groups in total. The monoisotopic (exact) mass is 340 g/mol. The highest BCUT2D eigenvalue weighted by Crippen LogP contribution is 2.28. The predicted molar refractivity (Wildman–Crippen MR) is 78.5 cm³/mol. The van der Waals surface area contributed by atoms with Crippen LogP contribution in [0.4, 0.5) is 8.78 Å². The number of hydrogen-bond acceptors (Lipinski definition) is 1. The third-order valence-electron chi connectivity index (χ3n) is 3.34. The fraction of sp³-hybridized carbons (Fsp3) is 0.250. The molecule has 2 rings (SSSR count). The second-order valence-corrected chi connectivity index (χ2v) is 6.07. The first kappa shape index (κ1) is 15.1. The zero-order chi connectivity index (χ0) is 14.9. The minimum Gasteiger partial charge on any atom is -0.385 e. The Kier molecular flexibility index (Phi) is 4.25. The molecule has 0 heterocycles. The molecule has 1 nitrogen and oxygen atoms in total. The molecule has 4 heteroatoms. The molecule has 0 saturated heterocycles. The molecule has 1 unspecified atom stereocenters. The van der Waals surface area contributed by atoms with E-state index in [0.717, 1.165) is 0 Å². The lowest BCUT2D eigenvalue weighted by Gasteiger charge is -2.24. The Morgan fingerprint density at radius 1 is 1.10 bits per heavy atom. The highest BCUT2D eigenvalue weighted by Gasteiger charge is 2.25. The Labute approximate surface area is 125 Å². The summed E-state index contributed by atoms with van der Waals surface area (Å²) >= 11 is 3.19. The van der Waals surface area contributed by atoms with E-state index in [1.54, 1.807) is 38.1 Å². The van der Waals surface area contributed by atoms with Crippen molar-refractivity contribution in [2.75, 3.05) is 0 Å². The van der Waals surface area contributed by atoms with E-state index in [-0.39, 0.29) is 12.2 Å². The molecule has 0 aliphatic heterocycles. The number of hydrogen-bond donors (Lipinski definition) is 1. The van der Waals surface area contributed by atoms with E-state index in [9.17, 15) is 13.9 Å². The van der Waals surface area contributed by atoms with Crippen molar-refractivity contribution in [3.05, 3.63) is 69.2 Å². The van der Waals surface area contributed by atoms with Crippen LogP contribution in [0.5, 0.6) is 0 Å². The van der Waals surface area contributed by atoms with Gasteiger partial charge in [0.05, 0.1) is 5.60 Å². The third-order valence-corrected chi connectivity index (χ3v) is 3.84. The summed E-state index contributed by atoms with van der Waals surface area (Å²) in [5.41, 5.74) is 0.00455. The molecular formula is C16H15BrF2O. The largest absolute Gasteiger partial charge is 0.385 e. The van der Waals surface area contributed by atoms with Gasteiger partial charge in [-0.3, -0.25) is 0 Å². The molecule has 0 aromatic heterocycles. The maximum atomic E-state index is 13.8. The summed E-state index contributed by atoms with van der Waals surface area (Å²) in [4.78, 5) is 0. The molecule has 0 radical (unpaired) electrons. The van der Waals surface area contributed by atoms with Gasteiger partial charge in [-0.25, -0.2) is 8.78 Å². The van der Waals surface area contributed by atoms with E-state index in [1.165, 1.54) is 12.1 Å². The Bertz CT molecular complexity index is 638. The van der Waals surface area contributed by atoms with Gasteiger partial charge in [-0.15, -0.1) is 0 Å². The van der Waals surface area contributed by atoms with Crippen LogP contribution in [0.2, 0.25) is 0 Å². The standard InChI is InChI=1S/C16H15BrF2O/c1-10-3-5-12(7-14(10)18)16(2,20)9-11-4-6-13(17)8-15(11)19/h3-8,20H,9H2,1-2H3. The summed E-state index contributed by atoms with van der Waals surface area (Å²) in [7, 11) is 0. The van der Waals surface area contributed by atoms with Crippen molar-refractivity contribution in [3.8, 4) is 0 Å². The lowest BCUT2D eigenvalue weighted by Crippen LogP contribution is -2.25. The molecule has 1 atom stereocenters. The molecule has 2 aromatic carbocycles. The van der Waals surface area contributed by atoms with E-state index < -0.39 is 11.4 Å². The molecule has 0 fully saturated rings. The van der Waals surface area contributed by atoms with Crippen LogP contribution in [0, 0.1) is 18.6 Å². The molecule has 106 valence electrons. The van der Waals surface area contributed by atoms with Crippen LogP contribution in [0.3, 0.4) is 0 Å². The van der Waals surface area contributed by atoms with Crippen molar-refractivity contribution in [2.45, 2.75) is 25.9 Å². The quantitative estimate of drug-likeness (QED) is 0.872. The molecule has 20 heavy (non-hydrogen) atoms. The lowest BCUT2D eigenvalue weighted by atomic mass is 9.88. The van der Waals surface area contributed by atoms with Gasteiger partial charge in [0.25, 0.3) is 0 Å². The van der Waals surface area contributed by atoms with Crippen LogP contribution >= 0.6 is 15.9 Å². The average Bonchev–Trinajstić information content (AvgIpc) is 2.36. The Morgan fingerprint density at radius 3 is 2.40 bits per heavy atom. The maximum absolute atomic E-state index is 13.8. The first-order chi connectivity index (χ1) is 9.29. The van der Waals surface area contributed by atoms with Crippen molar-refractivity contribution < 1.29 is 13.9 Å². The average molecular weight is 341 g/mol. The zero-order valence-electron chi connectivity index (χ0n) is 11.3. The number of halogens is 3. The molecule has 0 aliphatic carbocycles. The normalized spacial score (nSPS) is 14.1. The predicted octanol–water partition coefficient (Wildman–Crippen LogP) is 4.49. The van der Waals surface area contributed by atoms with Crippen molar-refractivity contribution in [1.82, 2.24) is 0 Å². The summed E-state index contributed by atoms with van der Waals surface area (Å²) in [6.45, 7) is 3.21. The van der Waals surface area contributed by atoms with Crippen molar-refractivity contribution >= 4 is 15.9 Å². The molecule has 0 amide bonds. The van der Waals surface area contributed by atoms with E-state index in [4.69, 9.17) is 0 Å². The third kappa shape index (κ3) is 3.25. The van der Waals surface area contributed by atoms with Crippen LogP contribution in [0.1, 0.15) is 23.6 Å². The molecule has 0 aliphatic rings. The van der Waals surface area contributed by atoms with Gasteiger partial charge in [0.15, 0.2) is 0 Å². The fourth-order valence-electron chi connectivity index (χ4n) is 2.07. The number of aliphatic hydroxyl groups is 1. The summed E-state index contributed by atoms with van der Waals surface area (Å²) in [5.74, 6) is -0.772. The van der Waals surface area contributed by atoms with Crippen LogP contribution in [0.15, 0.2) is 40.9 Å². The first-order valence-corrected chi connectivity index (χ1v) is 7.02. The minimum atomic E-state index is -1.33. The minimum absolute atomic E-state index is 0.0780.